The molecule has 0 fully saturated rings. The number of carbonyl (C=O) groups is 1. The highest BCUT2D eigenvalue weighted by Gasteiger charge is 2.19. The number of amides is 1. The predicted octanol–water partition coefficient (Wildman–Crippen LogP) is 5.36. The average molecular weight is 351 g/mol. The number of ether oxygens (including phenoxy) is 1. The Bertz CT molecular complexity index is 878. The van der Waals surface area contributed by atoms with E-state index in [4.69, 9.17) is 4.74 Å². The third-order valence-corrected chi connectivity index (χ3v) is 4.82. The molecular weight excluding hydrogens is 330 g/mol. The Morgan fingerprint density at radius 2 is 1.76 bits per heavy atom. The Morgan fingerprint density at radius 1 is 1.04 bits per heavy atom. The largest absolute Gasteiger partial charge is 0.481 e. The second-order valence-corrected chi connectivity index (χ2v) is 6.56. The molecule has 0 spiro atoms. The molecule has 0 unspecified atom stereocenters. The summed E-state index contributed by atoms with van der Waals surface area (Å²) in [5.41, 5.74) is 0.820. The van der Waals surface area contributed by atoms with Gasteiger partial charge in [0, 0.05) is 4.90 Å². The minimum Gasteiger partial charge on any atom is -0.481 e. The highest BCUT2D eigenvalue weighted by atomic mass is 32.2. The lowest BCUT2D eigenvalue weighted by molar-refractivity contribution is -0.122. The van der Waals surface area contributed by atoms with Crippen LogP contribution in [-0.2, 0) is 4.79 Å². The van der Waals surface area contributed by atoms with Crippen LogP contribution in [0.5, 0.6) is 5.75 Å². The zero-order valence-electron chi connectivity index (χ0n) is 14.4. The molecule has 3 aromatic carbocycles. The predicted molar refractivity (Wildman–Crippen MR) is 106 cm³/mol. The van der Waals surface area contributed by atoms with Crippen LogP contribution in [0.1, 0.15) is 13.3 Å². The van der Waals surface area contributed by atoms with Crippen LogP contribution >= 0.6 is 11.8 Å². The first-order chi connectivity index (χ1) is 12.2. The molecule has 0 bridgehead atoms. The average Bonchev–Trinajstić information content (AvgIpc) is 2.66. The maximum atomic E-state index is 12.6. The van der Waals surface area contributed by atoms with Gasteiger partial charge in [0.15, 0.2) is 6.10 Å². The van der Waals surface area contributed by atoms with Crippen molar-refractivity contribution in [3.05, 3.63) is 66.7 Å². The number of hydrogen-bond acceptors (Lipinski definition) is 3. The van der Waals surface area contributed by atoms with Gasteiger partial charge >= 0.3 is 0 Å². The molecule has 0 radical (unpaired) electrons. The fourth-order valence-electron chi connectivity index (χ4n) is 2.69. The summed E-state index contributed by atoms with van der Waals surface area (Å²) in [5, 5.41) is 5.24. The van der Waals surface area contributed by atoms with Crippen molar-refractivity contribution in [1.82, 2.24) is 0 Å². The molecule has 0 aliphatic heterocycles. The highest BCUT2D eigenvalue weighted by molar-refractivity contribution is 7.98. The van der Waals surface area contributed by atoms with Crippen molar-refractivity contribution in [2.24, 2.45) is 0 Å². The molecule has 0 aliphatic rings. The fourth-order valence-corrected chi connectivity index (χ4v) is 3.24. The summed E-state index contributed by atoms with van der Waals surface area (Å²) < 4.78 is 5.96. The highest BCUT2D eigenvalue weighted by Crippen LogP contribution is 2.26. The number of fused-ring (bicyclic) bond motifs is 1. The van der Waals surface area contributed by atoms with E-state index in [2.05, 4.69) is 11.4 Å². The number of carbonyl (C=O) groups excluding carboxylic acids is 1. The molecular formula is C21H21NO2S. The standard InChI is InChI=1S/C21H21NO2S/c1-3-19(21(23)22-18-10-6-7-11-20(18)25-2)24-17-13-12-15-8-4-5-9-16(15)14-17/h4-14,19H,3H2,1-2H3,(H,22,23)/t19-/m0/s1. The quantitative estimate of drug-likeness (QED) is 0.608. The van der Waals surface area contributed by atoms with Crippen LogP contribution in [0.15, 0.2) is 71.6 Å². The molecule has 3 rings (SSSR count). The summed E-state index contributed by atoms with van der Waals surface area (Å²) in [7, 11) is 0. The molecule has 0 saturated heterocycles. The van der Waals surface area contributed by atoms with Gasteiger partial charge in [-0.3, -0.25) is 4.79 Å². The number of nitrogens with one attached hydrogen (secondary N) is 1. The van der Waals surface area contributed by atoms with Crippen molar-refractivity contribution in [1.29, 1.82) is 0 Å². The summed E-state index contributed by atoms with van der Waals surface area (Å²) in [4.78, 5) is 13.7. The zero-order valence-corrected chi connectivity index (χ0v) is 15.2. The third kappa shape index (κ3) is 4.15. The molecule has 0 heterocycles. The Kier molecular flexibility index (Phi) is 5.61. The van der Waals surface area contributed by atoms with Crippen molar-refractivity contribution in [3.63, 3.8) is 0 Å². The first-order valence-electron chi connectivity index (χ1n) is 8.30. The number of rotatable bonds is 6. The van der Waals surface area contributed by atoms with Crippen LogP contribution in [-0.4, -0.2) is 18.3 Å². The molecule has 0 saturated carbocycles. The monoisotopic (exact) mass is 351 g/mol. The van der Waals surface area contributed by atoms with Crippen molar-refractivity contribution >= 4 is 34.1 Å². The topological polar surface area (TPSA) is 38.3 Å². The summed E-state index contributed by atoms with van der Waals surface area (Å²) in [6, 6.07) is 21.8. The number of benzene rings is 3. The van der Waals surface area contributed by atoms with Gasteiger partial charge in [0.1, 0.15) is 5.75 Å². The van der Waals surface area contributed by atoms with Gasteiger partial charge in [0.05, 0.1) is 5.69 Å². The molecule has 1 atom stereocenters. The lowest BCUT2D eigenvalue weighted by atomic mass is 10.1. The third-order valence-electron chi connectivity index (χ3n) is 4.03. The summed E-state index contributed by atoms with van der Waals surface area (Å²) in [5.74, 6) is 0.580. The number of anilines is 1. The first-order valence-corrected chi connectivity index (χ1v) is 9.53. The summed E-state index contributed by atoms with van der Waals surface area (Å²) >= 11 is 1.61. The Balaban J connectivity index is 1.75. The van der Waals surface area contributed by atoms with Gasteiger partial charge < -0.3 is 10.1 Å². The van der Waals surface area contributed by atoms with E-state index < -0.39 is 6.10 Å². The van der Waals surface area contributed by atoms with E-state index >= 15 is 0 Å². The lowest BCUT2D eigenvalue weighted by Crippen LogP contribution is -2.32. The van der Waals surface area contributed by atoms with Gasteiger partial charge in [-0.25, -0.2) is 0 Å². The Labute approximate surface area is 152 Å². The second kappa shape index (κ2) is 8.08. The number of thioether (sulfide) groups is 1. The minimum atomic E-state index is -0.531. The molecule has 1 amide bonds. The van der Waals surface area contributed by atoms with Gasteiger partial charge in [-0.05, 0) is 47.7 Å². The molecule has 4 heteroatoms. The van der Waals surface area contributed by atoms with Gasteiger partial charge in [0.25, 0.3) is 5.91 Å². The minimum absolute atomic E-state index is 0.128. The molecule has 0 aromatic heterocycles. The van der Waals surface area contributed by atoms with Crippen LogP contribution in [0.3, 0.4) is 0 Å². The summed E-state index contributed by atoms with van der Waals surface area (Å²) in [6.07, 6.45) is 2.06. The van der Waals surface area contributed by atoms with Crippen LogP contribution in [0.25, 0.3) is 10.8 Å². The van der Waals surface area contributed by atoms with Crippen molar-refractivity contribution in [3.8, 4) is 5.75 Å². The van der Waals surface area contributed by atoms with E-state index in [1.807, 2.05) is 73.8 Å². The fraction of sp³-hybridized carbons (Fsp3) is 0.190. The van der Waals surface area contributed by atoms with Gasteiger partial charge in [-0.15, -0.1) is 11.8 Å². The lowest BCUT2D eigenvalue weighted by Gasteiger charge is -2.18. The van der Waals surface area contributed by atoms with E-state index in [1.54, 1.807) is 11.8 Å². The smallest absolute Gasteiger partial charge is 0.265 e. The van der Waals surface area contributed by atoms with E-state index in [0.29, 0.717) is 12.2 Å². The molecule has 0 aliphatic carbocycles. The van der Waals surface area contributed by atoms with E-state index in [-0.39, 0.29) is 5.91 Å². The number of hydrogen-bond donors (Lipinski definition) is 1. The Morgan fingerprint density at radius 3 is 2.52 bits per heavy atom. The van der Waals surface area contributed by atoms with Gasteiger partial charge in [0.2, 0.25) is 0 Å². The second-order valence-electron chi connectivity index (χ2n) is 5.71. The van der Waals surface area contributed by atoms with Crippen LogP contribution in [0, 0.1) is 0 Å². The van der Waals surface area contributed by atoms with Crippen LogP contribution in [0.2, 0.25) is 0 Å². The first kappa shape index (κ1) is 17.4. The van der Waals surface area contributed by atoms with Crippen LogP contribution in [0.4, 0.5) is 5.69 Å². The molecule has 128 valence electrons. The SMILES string of the molecule is CC[C@H](Oc1ccc2ccccc2c1)C(=O)Nc1ccccc1SC. The molecule has 25 heavy (non-hydrogen) atoms. The van der Waals surface area contributed by atoms with E-state index in [9.17, 15) is 4.79 Å². The van der Waals surface area contributed by atoms with Crippen molar-refractivity contribution < 1.29 is 9.53 Å². The maximum absolute atomic E-state index is 12.6. The molecule has 3 nitrogen and oxygen atoms in total. The van der Waals surface area contributed by atoms with Crippen LogP contribution < -0.4 is 10.1 Å². The Hall–Kier alpha value is -2.46. The number of para-hydroxylation sites is 1. The van der Waals surface area contributed by atoms with E-state index in [1.165, 1.54) is 0 Å². The molecule has 3 aromatic rings. The zero-order chi connectivity index (χ0) is 17.6. The normalized spacial score (nSPS) is 11.9. The van der Waals surface area contributed by atoms with Gasteiger partial charge in [-0.1, -0.05) is 49.4 Å². The van der Waals surface area contributed by atoms with Crippen molar-refractivity contribution in [2.45, 2.75) is 24.3 Å². The molecule has 1 N–H and O–H groups in total. The van der Waals surface area contributed by atoms with Crippen molar-refractivity contribution in [2.75, 3.05) is 11.6 Å². The maximum Gasteiger partial charge on any atom is 0.265 e. The van der Waals surface area contributed by atoms with Gasteiger partial charge in [-0.2, -0.15) is 0 Å². The summed E-state index contributed by atoms with van der Waals surface area (Å²) in [6.45, 7) is 1.95. The van der Waals surface area contributed by atoms with E-state index in [0.717, 1.165) is 21.4 Å².